The van der Waals surface area contributed by atoms with Gasteiger partial charge in [0.15, 0.2) is 0 Å². The zero-order valence-electron chi connectivity index (χ0n) is 12.6. The first-order valence-electron chi connectivity index (χ1n) is 7.86. The molecule has 0 spiro atoms. The largest absolute Gasteiger partial charge is 0.364 e. The first kappa shape index (κ1) is 14.5. The number of hydrogen-bond acceptors (Lipinski definition) is 3. The molecular formula is C17H24N2O2. The predicted molar refractivity (Wildman–Crippen MR) is 81.9 cm³/mol. The van der Waals surface area contributed by atoms with E-state index in [4.69, 9.17) is 10.5 Å². The zero-order valence-corrected chi connectivity index (χ0v) is 12.6. The summed E-state index contributed by atoms with van der Waals surface area (Å²) in [6.45, 7) is 0.507. The summed E-state index contributed by atoms with van der Waals surface area (Å²) in [5.74, 6) is 0.718. The molecule has 4 nitrogen and oxygen atoms in total. The highest BCUT2D eigenvalue weighted by Gasteiger charge is 2.39. The molecular weight excluding hydrogens is 264 g/mol. The summed E-state index contributed by atoms with van der Waals surface area (Å²) < 4.78 is 5.71. The van der Waals surface area contributed by atoms with Gasteiger partial charge in [-0.2, -0.15) is 0 Å². The van der Waals surface area contributed by atoms with E-state index in [9.17, 15) is 4.79 Å². The Balaban J connectivity index is 1.51. The number of ether oxygens (including phenoxy) is 1. The van der Waals surface area contributed by atoms with Gasteiger partial charge in [-0.25, -0.2) is 0 Å². The topological polar surface area (TPSA) is 55.6 Å². The molecule has 3 rings (SSSR count). The van der Waals surface area contributed by atoms with E-state index in [-0.39, 0.29) is 18.1 Å². The summed E-state index contributed by atoms with van der Waals surface area (Å²) in [5.41, 5.74) is 6.99. The number of amides is 1. The lowest BCUT2D eigenvalue weighted by Crippen LogP contribution is -2.48. The molecule has 1 aliphatic heterocycles. The molecule has 1 saturated heterocycles. The van der Waals surface area contributed by atoms with Crippen molar-refractivity contribution >= 4 is 5.91 Å². The van der Waals surface area contributed by atoms with Crippen LogP contribution in [0.3, 0.4) is 0 Å². The molecule has 114 valence electrons. The third kappa shape index (κ3) is 2.97. The number of hydrogen-bond donors (Lipinski definition) is 1. The van der Waals surface area contributed by atoms with E-state index in [2.05, 4.69) is 24.3 Å². The van der Waals surface area contributed by atoms with Crippen LogP contribution in [0, 0.1) is 0 Å². The molecule has 4 heteroatoms. The van der Waals surface area contributed by atoms with Crippen LogP contribution >= 0.6 is 0 Å². The van der Waals surface area contributed by atoms with E-state index in [1.54, 1.807) is 0 Å². The van der Waals surface area contributed by atoms with Gasteiger partial charge in [-0.15, -0.1) is 0 Å². The molecule has 1 aromatic rings. The zero-order chi connectivity index (χ0) is 14.8. The van der Waals surface area contributed by atoms with Crippen LogP contribution in [0.1, 0.15) is 37.2 Å². The van der Waals surface area contributed by atoms with Crippen molar-refractivity contribution < 1.29 is 9.53 Å². The summed E-state index contributed by atoms with van der Waals surface area (Å²) in [4.78, 5) is 14.3. The third-order valence-corrected chi connectivity index (χ3v) is 4.93. The summed E-state index contributed by atoms with van der Waals surface area (Å²) in [7, 11) is 1.91. The number of nitrogens with zero attached hydrogens (tertiary/aromatic N) is 1. The van der Waals surface area contributed by atoms with E-state index in [0.717, 1.165) is 25.7 Å². The van der Waals surface area contributed by atoms with E-state index < -0.39 is 0 Å². The smallest absolute Gasteiger partial charge is 0.251 e. The first-order chi connectivity index (χ1) is 10.2. The average Bonchev–Trinajstić information content (AvgIpc) is 2.95. The van der Waals surface area contributed by atoms with Crippen LogP contribution in [0.25, 0.3) is 0 Å². The van der Waals surface area contributed by atoms with Gasteiger partial charge in [0.25, 0.3) is 5.91 Å². The fourth-order valence-corrected chi connectivity index (χ4v) is 3.37. The molecule has 2 N–H and O–H groups in total. The quantitative estimate of drug-likeness (QED) is 0.920. The molecule has 0 aromatic heterocycles. The minimum Gasteiger partial charge on any atom is -0.364 e. The van der Waals surface area contributed by atoms with Crippen LogP contribution < -0.4 is 5.73 Å². The number of carbonyl (C=O) groups excluding carboxylic acids is 1. The maximum atomic E-state index is 12.4. The Morgan fingerprint density at radius 3 is 2.62 bits per heavy atom. The molecule has 1 amide bonds. The van der Waals surface area contributed by atoms with E-state index >= 15 is 0 Å². The van der Waals surface area contributed by atoms with Crippen molar-refractivity contribution in [3.05, 3.63) is 35.9 Å². The molecule has 1 aliphatic carbocycles. The molecule has 1 aromatic carbocycles. The standard InChI is InChI=1S/C17H24N2O2/c1-19(17(20)16-8-7-15(11-18)21-16)14-9-13(10-14)12-5-3-2-4-6-12/h2-6,13-16H,7-11,18H2,1H3/t13?,14?,15-,16+/m1/s1. The SMILES string of the molecule is CN(C(=O)[C@@H]1CC[C@H](CN)O1)C1CC(c2ccccc2)C1. The predicted octanol–water partition coefficient (Wildman–Crippen LogP) is 1.90. The molecule has 1 saturated carbocycles. The van der Waals surface area contributed by atoms with Gasteiger partial charge in [-0.1, -0.05) is 30.3 Å². The second-order valence-corrected chi connectivity index (χ2v) is 6.24. The fraction of sp³-hybridized carbons (Fsp3) is 0.588. The van der Waals surface area contributed by atoms with Gasteiger partial charge in [0.1, 0.15) is 6.10 Å². The van der Waals surface area contributed by atoms with Crippen molar-refractivity contribution in [2.75, 3.05) is 13.6 Å². The Hall–Kier alpha value is -1.39. The maximum Gasteiger partial charge on any atom is 0.251 e. The molecule has 1 heterocycles. The number of carbonyl (C=O) groups is 1. The minimum absolute atomic E-state index is 0.0609. The number of likely N-dealkylation sites (N-methyl/N-ethyl adjacent to an activating group) is 1. The van der Waals surface area contributed by atoms with Crippen LogP contribution in [0.15, 0.2) is 30.3 Å². The molecule has 0 radical (unpaired) electrons. The Morgan fingerprint density at radius 1 is 1.29 bits per heavy atom. The van der Waals surface area contributed by atoms with Crippen LogP contribution in [0.2, 0.25) is 0 Å². The third-order valence-electron chi connectivity index (χ3n) is 4.93. The fourth-order valence-electron chi connectivity index (χ4n) is 3.37. The Kier molecular flexibility index (Phi) is 4.27. The van der Waals surface area contributed by atoms with Gasteiger partial charge in [-0.05, 0) is 37.2 Å². The lowest BCUT2D eigenvalue weighted by molar-refractivity contribution is -0.145. The van der Waals surface area contributed by atoms with Gasteiger partial charge in [-0.3, -0.25) is 4.79 Å². The minimum atomic E-state index is -0.278. The normalized spacial score (nSPS) is 31.7. The number of nitrogens with two attached hydrogens (primary N) is 1. The van der Waals surface area contributed by atoms with Crippen LogP contribution in [-0.2, 0) is 9.53 Å². The lowest BCUT2D eigenvalue weighted by atomic mass is 9.75. The summed E-state index contributed by atoms with van der Waals surface area (Å²) >= 11 is 0. The molecule has 0 unspecified atom stereocenters. The second-order valence-electron chi connectivity index (χ2n) is 6.24. The Labute approximate surface area is 126 Å². The second kappa shape index (κ2) is 6.16. The highest BCUT2D eigenvalue weighted by molar-refractivity contribution is 5.81. The maximum absolute atomic E-state index is 12.4. The summed E-state index contributed by atoms with van der Waals surface area (Å²) in [5, 5.41) is 0. The van der Waals surface area contributed by atoms with Gasteiger partial charge >= 0.3 is 0 Å². The van der Waals surface area contributed by atoms with Crippen LogP contribution in [-0.4, -0.2) is 42.6 Å². The first-order valence-corrected chi connectivity index (χ1v) is 7.86. The van der Waals surface area contributed by atoms with Crippen LogP contribution in [0.5, 0.6) is 0 Å². The molecule has 0 bridgehead atoms. The molecule has 21 heavy (non-hydrogen) atoms. The Morgan fingerprint density at radius 2 is 2.00 bits per heavy atom. The number of rotatable bonds is 4. The van der Waals surface area contributed by atoms with Crippen LogP contribution in [0.4, 0.5) is 0 Å². The monoisotopic (exact) mass is 288 g/mol. The summed E-state index contributed by atoms with van der Waals surface area (Å²) in [6, 6.07) is 10.9. The van der Waals surface area contributed by atoms with Crippen molar-refractivity contribution in [3.63, 3.8) is 0 Å². The highest BCUT2D eigenvalue weighted by Crippen LogP contribution is 2.39. The highest BCUT2D eigenvalue weighted by atomic mass is 16.5. The van der Waals surface area contributed by atoms with Crippen molar-refractivity contribution in [3.8, 4) is 0 Å². The van der Waals surface area contributed by atoms with Crippen molar-refractivity contribution in [2.24, 2.45) is 5.73 Å². The van der Waals surface area contributed by atoms with Gasteiger partial charge < -0.3 is 15.4 Å². The Bertz CT molecular complexity index is 485. The van der Waals surface area contributed by atoms with Crippen molar-refractivity contribution in [2.45, 2.75) is 49.9 Å². The molecule has 2 fully saturated rings. The molecule has 2 aliphatic rings. The average molecular weight is 288 g/mol. The van der Waals surface area contributed by atoms with Gasteiger partial charge in [0, 0.05) is 19.6 Å². The number of benzene rings is 1. The lowest BCUT2D eigenvalue weighted by Gasteiger charge is -2.42. The van der Waals surface area contributed by atoms with Gasteiger partial charge in [0.2, 0.25) is 0 Å². The van der Waals surface area contributed by atoms with E-state index in [1.165, 1.54) is 5.56 Å². The van der Waals surface area contributed by atoms with Crippen molar-refractivity contribution in [1.82, 2.24) is 4.90 Å². The molecule has 2 atom stereocenters. The van der Waals surface area contributed by atoms with E-state index in [1.807, 2.05) is 18.0 Å². The van der Waals surface area contributed by atoms with Gasteiger partial charge in [0.05, 0.1) is 6.10 Å². The van der Waals surface area contributed by atoms with E-state index in [0.29, 0.717) is 18.5 Å². The summed E-state index contributed by atoms with van der Waals surface area (Å²) in [6.07, 6.45) is 3.60. The van der Waals surface area contributed by atoms with Crippen molar-refractivity contribution in [1.29, 1.82) is 0 Å².